The molecule has 0 heterocycles. The van der Waals surface area contributed by atoms with Crippen LogP contribution in [0.1, 0.15) is 0 Å². The van der Waals surface area contributed by atoms with E-state index < -0.39 is 31.3 Å². The number of hydrogen-bond donors (Lipinski definition) is 3. The molecular formula is C5H8O6. The Morgan fingerprint density at radius 2 is 1.73 bits per heavy atom. The summed E-state index contributed by atoms with van der Waals surface area (Å²) < 4.78 is 4.21. The predicted octanol–water partition coefficient (Wildman–Crippen LogP) is -1.26. The van der Waals surface area contributed by atoms with Crippen LogP contribution in [0, 0.1) is 5.92 Å². The molecule has 0 aliphatic carbocycles. The average Bonchev–Trinajstić information content (AvgIpc) is 1.87. The van der Waals surface area contributed by atoms with Crippen LogP contribution in [0.25, 0.3) is 0 Å². The number of aliphatic carboxylic acids is 2. The summed E-state index contributed by atoms with van der Waals surface area (Å²) in [4.78, 5) is 20.2. The van der Waals surface area contributed by atoms with Crippen molar-refractivity contribution in [2.24, 2.45) is 5.92 Å². The number of carboxylic acids is 2. The van der Waals surface area contributed by atoms with Gasteiger partial charge in [0.25, 0.3) is 0 Å². The topological polar surface area (TPSA) is 104 Å². The standard InChI is InChI=1S/C5H8O6/c6-2-11-1-3(4(7)8)5(9)10/h3,6H,1-2H2,(H,7,8)(H,9,10). The first kappa shape index (κ1) is 9.86. The first-order chi connectivity index (χ1) is 5.09. The van der Waals surface area contributed by atoms with Gasteiger partial charge in [-0.15, -0.1) is 0 Å². The zero-order chi connectivity index (χ0) is 8.85. The Hall–Kier alpha value is -1.14. The second-order valence-corrected chi connectivity index (χ2v) is 1.73. The molecule has 0 aliphatic rings. The van der Waals surface area contributed by atoms with Crippen molar-refractivity contribution in [1.29, 1.82) is 0 Å². The van der Waals surface area contributed by atoms with E-state index in [0.717, 1.165) is 0 Å². The maximum absolute atomic E-state index is 10.1. The van der Waals surface area contributed by atoms with Crippen LogP contribution in [0.15, 0.2) is 0 Å². The quantitative estimate of drug-likeness (QED) is 0.346. The lowest BCUT2D eigenvalue weighted by Crippen LogP contribution is -2.28. The monoisotopic (exact) mass is 164 g/mol. The second-order valence-electron chi connectivity index (χ2n) is 1.73. The van der Waals surface area contributed by atoms with E-state index in [4.69, 9.17) is 15.3 Å². The van der Waals surface area contributed by atoms with Crippen LogP contribution in [0.5, 0.6) is 0 Å². The molecular weight excluding hydrogens is 156 g/mol. The zero-order valence-electron chi connectivity index (χ0n) is 5.56. The Morgan fingerprint density at radius 3 is 2.00 bits per heavy atom. The third-order valence-electron chi connectivity index (χ3n) is 0.972. The van der Waals surface area contributed by atoms with Crippen molar-refractivity contribution in [2.45, 2.75) is 0 Å². The van der Waals surface area contributed by atoms with Gasteiger partial charge in [0.1, 0.15) is 6.79 Å². The number of aliphatic hydroxyl groups is 1. The van der Waals surface area contributed by atoms with Gasteiger partial charge >= 0.3 is 11.9 Å². The van der Waals surface area contributed by atoms with E-state index in [1.807, 2.05) is 0 Å². The Labute approximate surface area is 62.0 Å². The molecule has 6 heteroatoms. The van der Waals surface area contributed by atoms with E-state index in [1.54, 1.807) is 0 Å². The predicted molar refractivity (Wildman–Crippen MR) is 31.8 cm³/mol. The van der Waals surface area contributed by atoms with Crippen LogP contribution < -0.4 is 0 Å². The maximum Gasteiger partial charge on any atom is 0.320 e. The van der Waals surface area contributed by atoms with E-state index in [2.05, 4.69) is 4.74 Å². The fourth-order valence-electron chi connectivity index (χ4n) is 0.419. The fraction of sp³-hybridized carbons (Fsp3) is 0.600. The Kier molecular flexibility index (Phi) is 4.16. The highest BCUT2D eigenvalue weighted by molar-refractivity contribution is 5.92. The molecule has 0 aromatic rings. The van der Waals surface area contributed by atoms with Gasteiger partial charge in [0, 0.05) is 0 Å². The molecule has 0 aliphatic heterocycles. The highest BCUT2D eigenvalue weighted by Gasteiger charge is 2.25. The molecule has 11 heavy (non-hydrogen) atoms. The van der Waals surface area contributed by atoms with E-state index in [9.17, 15) is 9.59 Å². The summed E-state index contributed by atoms with van der Waals surface area (Å²) in [6.45, 7) is -1.21. The van der Waals surface area contributed by atoms with E-state index >= 15 is 0 Å². The van der Waals surface area contributed by atoms with Crippen molar-refractivity contribution >= 4 is 11.9 Å². The zero-order valence-corrected chi connectivity index (χ0v) is 5.56. The number of ether oxygens (including phenoxy) is 1. The molecule has 0 spiro atoms. The van der Waals surface area contributed by atoms with Crippen LogP contribution >= 0.6 is 0 Å². The molecule has 3 N–H and O–H groups in total. The lowest BCUT2D eigenvalue weighted by Gasteiger charge is -2.05. The van der Waals surface area contributed by atoms with Crippen molar-refractivity contribution < 1.29 is 29.6 Å². The summed E-state index contributed by atoms with van der Waals surface area (Å²) in [5.74, 6) is -4.57. The van der Waals surface area contributed by atoms with Crippen molar-refractivity contribution in [3.63, 3.8) is 0 Å². The summed E-state index contributed by atoms with van der Waals surface area (Å²) in [5, 5.41) is 24.5. The van der Waals surface area contributed by atoms with Gasteiger partial charge in [-0.2, -0.15) is 0 Å². The molecule has 0 bridgehead atoms. The van der Waals surface area contributed by atoms with E-state index in [1.165, 1.54) is 0 Å². The summed E-state index contributed by atoms with van der Waals surface area (Å²) in [6.07, 6.45) is 0. The van der Waals surface area contributed by atoms with Gasteiger partial charge < -0.3 is 20.1 Å². The van der Waals surface area contributed by atoms with Crippen LogP contribution in [0.2, 0.25) is 0 Å². The minimum absolute atomic E-state index is 0.527. The Morgan fingerprint density at radius 1 is 1.27 bits per heavy atom. The summed E-state index contributed by atoms with van der Waals surface area (Å²) >= 11 is 0. The third-order valence-corrected chi connectivity index (χ3v) is 0.972. The minimum atomic E-state index is -1.61. The van der Waals surface area contributed by atoms with Crippen LogP contribution in [-0.2, 0) is 14.3 Å². The van der Waals surface area contributed by atoms with Crippen molar-refractivity contribution in [3.8, 4) is 0 Å². The molecule has 0 saturated carbocycles. The molecule has 0 unspecified atom stereocenters. The SMILES string of the molecule is O=C(O)C(COCO)C(=O)O. The van der Waals surface area contributed by atoms with Crippen LogP contribution in [0.3, 0.4) is 0 Å². The molecule has 0 amide bonds. The first-order valence-electron chi connectivity index (χ1n) is 2.73. The lowest BCUT2D eigenvalue weighted by atomic mass is 10.2. The van der Waals surface area contributed by atoms with Crippen molar-refractivity contribution in [2.75, 3.05) is 13.4 Å². The minimum Gasteiger partial charge on any atom is -0.481 e. The first-order valence-corrected chi connectivity index (χ1v) is 2.73. The second kappa shape index (κ2) is 4.64. The van der Waals surface area contributed by atoms with E-state index in [0.29, 0.717) is 0 Å². The summed E-state index contributed by atoms with van der Waals surface area (Å²) in [7, 11) is 0. The normalized spacial score (nSPS) is 10.0. The molecule has 0 rings (SSSR count). The van der Waals surface area contributed by atoms with Crippen LogP contribution in [-0.4, -0.2) is 40.7 Å². The van der Waals surface area contributed by atoms with Gasteiger partial charge in [-0.25, -0.2) is 0 Å². The van der Waals surface area contributed by atoms with Gasteiger partial charge in [0.15, 0.2) is 5.92 Å². The largest absolute Gasteiger partial charge is 0.481 e. The highest BCUT2D eigenvalue weighted by Crippen LogP contribution is 1.97. The summed E-state index contributed by atoms with van der Waals surface area (Å²) in [5.41, 5.74) is 0. The molecule has 0 atom stereocenters. The smallest absolute Gasteiger partial charge is 0.320 e. The van der Waals surface area contributed by atoms with Gasteiger partial charge in [-0.1, -0.05) is 0 Å². The fourth-order valence-corrected chi connectivity index (χ4v) is 0.419. The molecule has 0 fully saturated rings. The molecule has 0 saturated heterocycles. The molecule has 0 aromatic heterocycles. The highest BCUT2D eigenvalue weighted by atomic mass is 16.6. The molecule has 0 radical (unpaired) electrons. The molecule has 6 nitrogen and oxygen atoms in total. The third kappa shape index (κ3) is 3.54. The van der Waals surface area contributed by atoms with Crippen molar-refractivity contribution in [3.05, 3.63) is 0 Å². The molecule has 0 aromatic carbocycles. The van der Waals surface area contributed by atoms with Gasteiger partial charge in [-0.3, -0.25) is 9.59 Å². The number of rotatable bonds is 5. The lowest BCUT2D eigenvalue weighted by molar-refractivity contribution is -0.158. The maximum atomic E-state index is 10.1. The van der Waals surface area contributed by atoms with Gasteiger partial charge in [-0.05, 0) is 0 Å². The Balaban J connectivity index is 3.90. The van der Waals surface area contributed by atoms with Gasteiger partial charge in [0.2, 0.25) is 0 Å². The van der Waals surface area contributed by atoms with E-state index in [-0.39, 0.29) is 0 Å². The van der Waals surface area contributed by atoms with Gasteiger partial charge in [0.05, 0.1) is 6.61 Å². The number of carboxylic acid groups (broad SMARTS) is 2. The van der Waals surface area contributed by atoms with Crippen LogP contribution in [0.4, 0.5) is 0 Å². The molecule has 64 valence electrons. The summed E-state index contributed by atoms with van der Waals surface area (Å²) in [6, 6.07) is 0. The number of carbonyl (C=O) groups is 2. The number of aliphatic hydroxyl groups excluding tert-OH is 1. The van der Waals surface area contributed by atoms with Crippen molar-refractivity contribution in [1.82, 2.24) is 0 Å². The Bertz CT molecular complexity index is 139. The average molecular weight is 164 g/mol. The number of hydrogen-bond acceptors (Lipinski definition) is 4.